The molecule has 35 heavy (non-hydrogen) atoms. The van der Waals surface area contributed by atoms with Crippen LogP contribution in [0.4, 0.5) is 0 Å². The topological polar surface area (TPSA) is 273 Å². The molecule has 0 saturated carbocycles. The first-order chi connectivity index (χ1) is 16.2. The standard InChI is InChI=1S/C20H37N7O8/c1-4-9(2)14(21)18(33)26-12(8-13(29)30)17(32)25-11(6-5-7-24-20(22)23)16(31)27-15(10(3)28)19(34)35/h9-12,14-15,28H,4-8,21H2,1-3H3,(H,25,32)(H,26,33)(H,27,31)(H,29,30)(H,34,35)(H4,22,23,24). The highest BCUT2D eigenvalue weighted by atomic mass is 16.4. The Labute approximate surface area is 202 Å². The van der Waals surface area contributed by atoms with Gasteiger partial charge in [0.25, 0.3) is 0 Å². The minimum atomic E-state index is -1.66. The van der Waals surface area contributed by atoms with Crippen molar-refractivity contribution in [1.82, 2.24) is 16.0 Å². The van der Waals surface area contributed by atoms with Crippen molar-refractivity contribution < 1.29 is 39.3 Å². The van der Waals surface area contributed by atoms with Gasteiger partial charge >= 0.3 is 11.9 Å². The van der Waals surface area contributed by atoms with Gasteiger partial charge in [-0.15, -0.1) is 0 Å². The lowest BCUT2D eigenvalue weighted by Gasteiger charge is -2.26. The molecule has 0 rings (SSSR count). The Morgan fingerprint density at radius 3 is 1.91 bits per heavy atom. The number of aliphatic hydroxyl groups excluding tert-OH is 1. The van der Waals surface area contributed by atoms with E-state index in [1.54, 1.807) is 6.92 Å². The molecule has 0 aliphatic carbocycles. The molecule has 12 N–H and O–H groups in total. The highest BCUT2D eigenvalue weighted by Crippen LogP contribution is 2.07. The number of carboxylic acid groups (broad SMARTS) is 2. The number of hydrogen-bond acceptors (Lipinski definition) is 8. The third-order valence-corrected chi connectivity index (χ3v) is 5.20. The van der Waals surface area contributed by atoms with Crippen LogP contribution in [0.3, 0.4) is 0 Å². The number of nitrogens with two attached hydrogens (primary N) is 3. The first kappa shape index (κ1) is 31.5. The number of aliphatic hydroxyl groups is 1. The Balaban J connectivity index is 5.67. The van der Waals surface area contributed by atoms with Crippen molar-refractivity contribution in [3.63, 3.8) is 0 Å². The van der Waals surface area contributed by atoms with Crippen molar-refractivity contribution >= 4 is 35.6 Å². The molecule has 0 radical (unpaired) electrons. The molecule has 3 amide bonds. The van der Waals surface area contributed by atoms with Crippen LogP contribution in [0.25, 0.3) is 0 Å². The first-order valence-electron chi connectivity index (χ1n) is 11.1. The fourth-order valence-electron chi connectivity index (χ4n) is 2.85. The third-order valence-electron chi connectivity index (χ3n) is 5.20. The molecule has 0 aromatic heterocycles. The third kappa shape index (κ3) is 12.0. The van der Waals surface area contributed by atoms with E-state index in [9.17, 15) is 39.3 Å². The van der Waals surface area contributed by atoms with Crippen molar-refractivity contribution in [3.05, 3.63) is 0 Å². The number of guanidine groups is 1. The maximum atomic E-state index is 12.8. The molecular formula is C20H37N7O8. The van der Waals surface area contributed by atoms with Crippen LogP contribution < -0.4 is 33.2 Å². The molecule has 15 nitrogen and oxygen atoms in total. The van der Waals surface area contributed by atoms with Crippen LogP contribution in [-0.2, 0) is 24.0 Å². The Morgan fingerprint density at radius 1 is 0.914 bits per heavy atom. The van der Waals surface area contributed by atoms with E-state index in [4.69, 9.17) is 17.2 Å². The summed E-state index contributed by atoms with van der Waals surface area (Å²) in [5.41, 5.74) is 16.3. The van der Waals surface area contributed by atoms with Gasteiger partial charge in [0.2, 0.25) is 17.7 Å². The Kier molecular flexibility index (Phi) is 13.9. The van der Waals surface area contributed by atoms with Gasteiger partial charge in [0, 0.05) is 6.54 Å². The zero-order valence-corrected chi connectivity index (χ0v) is 20.1. The molecule has 200 valence electrons. The molecule has 0 bridgehead atoms. The van der Waals surface area contributed by atoms with Gasteiger partial charge < -0.3 is 48.5 Å². The number of carbonyl (C=O) groups excluding carboxylic acids is 3. The second-order valence-corrected chi connectivity index (χ2v) is 8.15. The number of carbonyl (C=O) groups is 5. The molecule has 6 unspecified atom stereocenters. The molecule has 0 heterocycles. The summed E-state index contributed by atoms with van der Waals surface area (Å²) >= 11 is 0. The second-order valence-electron chi connectivity index (χ2n) is 8.15. The predicted octanol–water partition coefficient (Wildman–Crippen LogP) is -3.19. The molecule has 0 aromatic carbocycles. The number of amides is 3. The van der Waals surface area contributed by atoms with Crippen LogP contribution >= 0.6 is 0 Å². The van der Waals surface area contributed by atoms with Crippen LogP contribution in [-0.4, -0.2) is 87.8 Å². The van der Waals surface area contributed by atoms with E-state index in [0.29, 0.717) is 6.42 Å². The maximum Gasteiger partial charge on any atom is 0.328 e. The van der Waals surface area contributed by atoms with Gasteiger partial charge in [-0.05, 0) is 25.7 Å². The number of nitrogens with zero attached hydrogens (tertiary/aromatic N) is 1. The number of aliphatic carboxylic acids is 2. The van der Waals surface area contributed by atoms with Gasteiger partial charge in [-0.1, -0.05) is 20.3 Å². The summed E-state index contributed by atoms with van der Waals surface area (Å²) in [4.78, 5) is 64.3. The number of hydrogen-bond donors (Lipinski definition) is 9. The molecular weight excluding hydrogens is 466 g/mol. The highest BCUT2D eigenvalue weighted by Gasteiger charge is 2.33. The Morgan fingerprint density at radius 2 is 1.46 bits per heavy atom. The zero-order chi connectivity index (χ0) is 27.3. The molecule has 15 heteroatoms. The van der Waals surface area contributed by atoms with E-state index in [-0.39, 0.29) is 31.3 Å². The predicted molar refractivity (Wildman–Crippen MR) is 125 cm³/mol. The molecule has 0 spiro atoms. The summed E-state index contributed by atoms with van der Waals surface area (Å²) in [7, 11) is 0. The van der Waals surface area contributed by atoms with E-state index < -0.39 is 66.4 Å². The summed E-state index contributed by atoms with van der Waals surface area (Å²) in [5.74, 6) is -6.03. The van der Waals surface area contributed by atoms with Crippen molar-refractivity contribution in [2.45, 2.75) is 76.7 Å². The lowest BCUT2D eigenvalue weighted by molar-refractivity contribution is -0.145. The number of rotatable bonds is 16. The van der Waals surface area contributed by atoms with Gasteiger partial charge in [-0.25, -0.2) is 4.79 Å². The van der Waals surface area contributed by atoms with Crippen LogP contribution in [0.15, 0.2) is 4.99 Å². The summed E-state index contributed by atoms with van der Waals surface area (Å²) in [6.07, 6.45) is -1.57. The first-order valence-corrected chi connectivity index (χ1v) is 11.1. The number of nitrogens with one attached hydrogen (secondary N) is 3. The van der Waals surface area contributed by atoms with E-state index in [2.05, 4.69) is 20.9 Å². The maximum absolute atomic E-state index is 12.8. The average Bonchev–Trinajstić information content (AvgIpc) is 2.76. The van der Waals surface area contributed by atoms with Gasteiger partial charge in [0.05, 0.1) is 18.6 Å². The lowest BCUT2D eigenvalue weighted by Crippen LogP contribution is -2.59. The average molecular weight is 504 g/mol. The number of aliphatic imine (C=N–C) groups is 1. The largest absolute Gasteiger partial charge is 0.481 e. The fourth-order valence-corrected chi connectivity index (χ4v) is 2.85. The quantitative estimate of drug-likeness (QED) is 0.0574. The Bertz CT molecular complexity index is 785. The Hall–Kier alpha value is -3.46. The highest BCUT2D eigenvalue weighted by molar-refractivity contribution is 5.95. The minimum absolute atomic E-state index is 0.0688. The van der Waals surface area contributed by atoms with Crippen LogP contribution in [0, 0.1) is 5.92 Å². The van der Waals surface area contributed by atoms with Crippen molar-refractivity contribution in [3.8, 4) is 0 Å². The molecule has 0 aliphatic rings. The van der Waals surface area contributed by atoms with Gasteiger partial charge in [0.15, 0.2) is 12.0 Å². The minimum Gasteiger partial charge on any atom is -0.481 e. The molecule has 0 aromatic rings. The summed E-state index contributed by atoms with van der Waals surface area (Å²) in [5, 5.41) is 34.7. The molecule has 0 saturated heterocycles. The lowest BCUT2D eigenvalue weighted by atomic mass is 9.99. The van der Waals surface area contributed by atoms with E-state index in [1.165, 1.54) is 0 Å². The second kappa shape index (κ2) is 15.4. The molecule has 0 fully saturated rings. The smallest absolute Gasteiger partial charge is 0.328 e. The zero-order valence-electron chi connectivity index (χ0n) is 20.1. The van der Waals surface area contributed by atoms with Crippen molar-refractivity contribution in [2.24, 2.45) is 28.1 Å². The molecule has 0 aliphatic heterocycles. The van der Waals surface area contributed by atoms with E-state index >= 15 is 0 Å². The van der Waals surface area contributed by atoms with Gasteiger partial charge in [0.1, 0.15) is 12.1 Å². The SMILES string of the molecule is CCC(C)C(N)C(=O)NC(CC(=O)O)C(=O)NC(CCCN=C(N)N)C(=O)NC(C(=O)O)C(C)O. The van der Waals surface area contributed by atoms with Crippen molar-refractivity contribution in [2.75, 3.05) is 6.54 Å². The molecule has 6 atom stereocenters. The van der Waals surface area contributed by atoms with Gasteiger partial charge in [-0.2, -0.15) is 0 Å². The summed E-state index contributed by atoms with van der Waals surface area (Å²) < 4.78 is 0. The summed E-state index contributed by atoms with van der Waals surface area (Å²) in [6, 6.07) is -5.57. The van der Waals surface area contributed by atoms with Gasteiger partial charge in [-0.3, -0.25) is 24.2 Å². The normalized spacial score (nSPS) is 15.9. The fraction of sp³-hybridized carbons (Fsp3) is 0.700. The monoisotopic (exact) mass is 503 g/mol. The summed E-state index contributed by atoms with van der Waals surface area (Å²) in [6.45, 7) is 4.76. The number of carboxylic acids is 2. The van der Waals surface area contributed by atoms with E-state index in [0.717, 1.165) is 6.92 Å². The van der Waals surface area contributed by atoms with Crippen LogP contribution in [0.5, 0.6) is 0 Å². The van der Waals surface area contributed by atoms with Crippen LogP contribution in [0.2, 0.25) is 0 Å². The van der Waals surface area contributed by atoms with Crippen LogP contribution in [0.1, 0.15) is 46.5 Å². The van der Waals surface area contributed by atoms with E-state index in [1.807, 2.05) is 6.92 Å². The van der Waals surface area contributed by atoms with Crippen molar-refractivity contribution in [1.29, 1.82) is 0 Å².